The summed E-state index contributed by atoms with van der Waals surface area (Å²) in [7, 11) is 1.65. The van der Waals surface area contributed by atoms with E-state index in [-0.39, 0.29) is 24.1 Å². The molecule has 2 heterocycles. The van der Waals surface area contributed by atoms with Crippen LogP contribution in [-0.2, 0) is 24.7 Å². The lowest BCUT2D eigenvalue weighted by Crippen LogP contribution is -2.42. The van der Waals surface area contributed by atoms with Crippen molar-refractivity contribution in [3.8, 4) is 5.75 Å². The van der Waals surface area contributed by atoms with Crippen molar-refractivity contribution in [3.63, 3.8) is 0 Å². The molecular weight excluding hydrogens is 296 g/mol. The third kappa shape index (κ3) is 3.74. The van der Waals surface area contributed by atoms with Crippen molar-refractivity contribution in [2.24, 2.45) is 7.05 Å². The summed E-state index contributed by atoms with van der Waals surface area (Å²) in [6, 6.07) is 5.10. The van der Waals surface area contributed by atoms with E-state index in [0.717, 1.165) is 24.1 Å². The maximum atomic E-state index is 12.0. The molecule has 1 aliphatic rings. The fourth-order valence-corrected chi connectivity index (χ4v) is 2.66. The first-order chi connectivity index (χ1) is 11.1. The summed E-state index contributed by atoms with van der Waals surface area (Å²) in [5, 5.41) is 7.21. The maximum Gasteiger partial charge on any atom is 0.266 e. The Hall–Kier alpha value is -2.70. The van der Waals surface area contributed by atoms with Crippen molar-refractivity contribution in [2.45, 2.75) is 25.3 Å². The zero-order chi connectivity index (χ0) is 16.2. The molecule has 2 aromatic rings. The molecule has 1 unspecified atom stereocenters. The second-order valence-corrected chi connectivity index (χ2v) is 5.56. The van der Waals surface area contributed by atoms with Crippen LogP contribution in [0, 0.1) is 0 Å². The SMILES string of the molecule is Cn1nc2c(cc1=O)CC(NC(=O)COc1cccnc1)CC2. The van der Waals surface area contributed by atoms with Gasteiger partial charge < -0.3 is 10.1 Å². The highest BCUT2D eigenvalue weighted by Crippen LogP contribution is 2.17. The van der Waals surface area contributed by atoms with E-state index in [2.05, 4.69) is 15.4 Å². The standard InChI is InChI=1S/C16H18N4O3/c1-20-16(22)8-11-7-12(4-5-14(11)19-20)18-15(21)10-23-13-3-2-6-17-9-13/h2-3,6,8-9,12H,4-5,7,10H2,1H3,(H,18,21). The third-order valence-electron chi connectivity index (χ3n) is 3.82. The molecule has 0 radical (unpaired) electrons. The van der Waals surface area contributed by atoms with Crippen LogP contribution in [0.4, 0.5) is 0 Å². The van der Waals surface area contributed by atoms with E-state index in [4.69, 9.17) is 4.74 Å². The summed E-state index contributed by atoms with van der Waals surface area (Å²) >= 11 is 0. The Morgan fingerprint density at radius 2 is 2.39 bits per heavy atom. The van der Waals surface area contributed by atoms with Crippen LogP contribution in [0.2, 0.25) is 0 Å². The van der Waals surface area contributed by atoms with Gasteiger partial charge in [0.25, 0.3) is 11.5 Å². The lowest BCUT2D eigenvalue weighted by atomic mass is 9.92. The molecule has 7 nitrogen and oxygen atoms in total. The summed E-state index contributed by atoms with van der Waals surface area (Å²) in [4.78, 5) is 27.6. The molecule has 7 heteroatoms. The first kappa shape index (κ1) is 15.2. The number of rotatable bonds is 4. The number of ether oxygens (including phenoxy) is 1. The van der Waals surface area contributed by atoms with Gasteiger partial charge in [0.2, 0.25) is 0 Å². The van der Waals surface area contributed by atoms with E-state index in [0.29, 0.717) is 12.2 Å². The number of hydrogen-bond donors (Lipinski definition) is 1. The summed E-state index contributed by atoms with van der Waals surface area (Å²) in [6.07, 6.45) is 5.38. The number of carbonyl (C=O) groups excluding carboxylic acids is 1. The van der Waals surface area contributed by atoms with E-state index >= 15 is 0 Å². The summed E-state index contributed by atoms with van der Waals surface area (Å²) < 4.78 is 6.72. The Morgan fingerprint density at radius 3 is 3.17 bits per heavy atom. The van der Waals surface area contributed by atoms with Gasteiger partial charge >= 0.3 is 0 Å². The van der Waals surface area contributed by atoms with Gasteiger partial charge in [-0.3, -0.25) is 14.6 Å². The quantitative estimate of drug-likeness (QED) is 0.873. The molecule has 3 rings (SSSR count). The average molecular weight is 314 g/mol. The maximum absolute atomic E-state index is 12.0. The molecule has 1 amide bonds. The Morgan fingerprint density at radius 1 is 1.52 bits per heavy atom. The Kier molecular flexibility index (Phi) is 4.36. The normalized spacial score (nSPS) is 16.5. The Balaban J connectivity index is 1.56. The largest absolute Gasteiger partial charge is 0.482 e. The van der Waals surface area contributed by atoms with Crippen LogP contribution in [0.5, 0.6) is 5.75 Å². The Bertz CT molecular complexity index is 758. The first-order valence-corrected chi connectivity index (χ1v) is 7.50. The van der Waals surface area contributed by atoms with E-state index in [1.807, 2.05) is 0 Å². The monoisotopic (exact) mass is 314 g/mol. The fourth-order valence-electron chi connectivity index (χ4n) is 2.66. The molecule has 1 atom stereocenters. The molecule has 2 aromatic heterocycles. The summed E-state index contributed by atoms with van der Waals surface area (Å²) in [6.45, 7) is -0.0517. The lowest BCUT2D eigenvalue weighted by molar-refractivity contribution is -0.123. The minimum Gasteiger partial charge on any atom is -0.482 e. The van der Waals surface area contributed by atoms with Crippen LogP contribution in [0.3, 0.4) is 0 Å². The molecule has 0 bridgehead atoms. The highest BCUT2D eigenvalue weighted by Gasteiger charge is 2.22. The smallest absolute Gasteiger partial charge is 0.266 e. The molecule has 1 aliphatic carbocycles. The molecule has 120 valence electrons. The number of nitrogens with one attached hydrogen (secondary N) is 1. The zero-order valence-electron chi connectivity index (χ0n) is 12.9. The van der Waals surface area contributed by atoms with Crippen molar-refractivity contribution in [3.05, 3.63) is 52.2 Å². The predicted molar refractivity (Wildman–Crippen MR) is 83.2 cm³/mol. The van der Waals surface area contributed by atoms with Crippen molar-refractivity contribution < 1.29 is 9.53 Å². The van der Waals surface area contributed by atoms with Gasteiger partial charge in [-0.25, -0.2) is 4.68 Å². The molecule has 0 spiro atoms. The molecular formula is C16H18N4O3. The van der Waals surface area contributed by atoms with Gasteiger partial charge in [0.15, 0.2) is 6.61 Å². The van der Waals surface area contributed by atoms with E-state index < -0.39 is 0 Å². The number of carbonyl (C=O) groups is 1. The predicted octanol–water partition coefficient (Wildman–Crippen LogP) is 0.228. The minimum absolute atomic E-state index is 0.00130. The molecule has 0 fully saturated rings. The lowest BCUT2D eigenvalue weighted by Gasteiger charge is -2.24. The van der Waals surface area contributed by atoms with Gasteiger partial charge in [0.05, 0.1) is 11.9 Å². The number of aromatic nitrogens is 3. The molecule has 0 saturated heterocycles. The first-order valence-electron chi connectivity index (χ1n) is 7.50. The van der Waals surface area contributed by atoms with Crippen LogP contribution in [0.25, 0.3) is 0 Å². The third-order valence-corrected chi connectivity index (χ3v) is 3.82. The highest BCUT2D eigenvalue weighted by atomic mass is 16.5. The van der Waals surface area contributed by atoms with E-state index in [1.165, 1.54) is 4.68 Å². The van der Waals surface area contributed by atoms with Crippen molar-refractivity contribution >= 4 is 5.91 Å². The van der Waals surface area contributed by atoms with Crippen LogP contribution in [0.15, 0.2) is 35.4 Å². The van der Waals surface area contributed by atoms with E-state index in [1.54, 1.807) is 37.6 Å². The molecule has 1 N–H and O–H groups in total. The van der Waals surface area contributed by atoms with Gasteiger partial charge in [-0.2, -0.15) is 5.10 Å². The Labute approximate surface area is 133 Å². The van der Waals surface area contributed by atoms with Crippen molar-refractivity contribution in [1.82, 2.24) is 20.1 Å². The summed E-state index contributed by atoms with van der Waals surface area (Å²) in [5.74, 6) is 0.378. The van der Waals surface area contributed by atoms with Crippen LogP contribution < -0.4 is 15.6 Å². The van der Waals surface area contributed by atoms with Gasteiger partial charge in [-0.15, -0.1) is 0 Å². The van der Waals surface area contributed by atoms with E-state index in [9.17, 15) is 9.59 Å². The van der Waals surface area contributed by atoms with Crippen LogP contribution >= 0.6 is 0 Å². The number of hydrogen-bond acceptors (Lipinski definition) is 5. The fraction of sp³-hybridized carbons (Fsp3) is 0.375. The van der Waals surface area contributed by atoms with Gasteiger partial charge in [0.1, 0.15) is 5.75 Å². The highest BCUT2D eigenvalue weighted by molar-refractivity contribution is 5.77. The second kappa shape index (κ2) is 6.60. The van der Waals surface area contributed by atoms with Crippen molar-refractivity contribution in [1.29, 1.82) is 0 Å². The van der Waals surface area contributed by atoms with Crippen molar-refractivity contribution in [2.75, 3.05) is 6.61 Å². The number of amides is 1. The number of nitrogens with zero attached hydrogens (tertiary/aromatic N) is 3. The topological polar surface area (TPSA) is 86.1 Å². The molecule has 0 aliphatic heterocycles. The van der Waals surface area contributed by atoms with Gasteiger partial charge in [-0.05, 0) is 37.0 Å². The number of fused-ring (bicyclic) bond motifs is 1. The van der Waals surface area contributed by atoms with Gasteiger partial charge in [0, 0.05) is 25.4 Å². The summed E-state index contributed by atoms with van der Waals surface area (Å²) in [5.41, 5.74) is 1.72. The zero-order valence-corrected chi connectivity index (χ0v) is 12.9. The number of aryl methyl sites for hydroxylation is 2. The van der Waals surface area contributed by atoms with Gasteiger partial charge in [-0.1, -0.05) is 0 Å². The minimum atomic E-state index is -0.181. The molecule has 0 saturated carbocycles. The molecule has 0 aromatic carbocycles. The molecule has 23 heavy (non-hydrogen) atoms. The number of pyridine rings is 1. The van der Waals surface area contributed by atoms with Crippen LogP contribution in [0.1, 0.15) is 17.7 Å². The van der Waals surface area contributed by atoms with Crippen LogP contribution in [-0.4, -0.2) is 33.3 Å². The second-order valence-electron chi connectivity index (χ2n) is 5.56. The average Bonchev–Trinajstić information content (AvgIpc) is 2.55.